The first kappa shape index (κ1) is 18.0. The standard InChI is InChI=1S/C16H31N3O2/c1-13(2)10-14(12-17)11-15(20)18-7-6-16(21)19-8-4-3-5-9-19/h13-14H,3-12,17H2,1-2H3,(H,18,20)/t14-/m0/s1. The Kier molecular flexibility index (Phi) is 8.35. The van der Waals surface area contributed by atoms with Crippen molar-refractivity contribution in [2.75, 3.05) is 26.2 Å². The van der Waals surface area contributed by atoms with Crippen LogP contribution in [0.1, 0.15) is 52.4 Å². The Labute approximate surface area is 128 Å². The monoisotopic (exact) mass is 297 g/mol. The van der Waals surface area contributed by atoms with Crippen LogP contribution in [0.4, 0.5) is 0 Å². The van der Waals surface area contributed by atoms with Gasteiger partial charge in [-0.2, -0.15) is 0 Å². The highest BCUT2D eigenvalue weighted by Crippen LogP contribution is 2.14. The van der Waals surface area contributed by atoms with Crippen LogP contribution in [-0.4, -0.2) is 42.9 Å². The Morgan fingerprint density at radius 2 is 1.86 bits per heavy atom. The first-order valence-electron chi connectivity index (χ1n) is 8.27. The molecule has 0 radical (unpaired) electrons. The second-order valence-corrected chi connectivity index (χ2v) is 6.48. The van der Waals surface area contributed by atoms with E-state index in [4.69, 9.17) is 5.73 Å². The van der Waals surface area contributed by atoms with Gasteiger partial charge in [0.25, 0.3) is 0 Å². The maximum absolute atomic E-state index is 12.0. The molecular formula is C16H31N3O2. The minimum atomic E-state index is 0.0116. The summed E-state index contributed by atoms with van der Waals surface area (Å²) in [4.78, 5) is 25.7. The average Bonchev–Trinajstić information content (AvgIpc) is 2.46. The average molecular weight is 297 g/mol. The molecular weight excluding hydrogens is 266 g/mol. The molecule has 3 N–H and O–H groups in total. The summed E-state index contributed by atoms with van der Waals surface area (Å²) in [6, 6.07) is 0. The third-order valence-electron chi connectivity index (χ3n) is 3.98. The van der Waals surface area contributed by atoms with Crippen molar-refractivity contribution in [2.24, 2.45) is 17.6 Å². The van der Waals surface area contributed by atoms with Crippen LogP contribution in [0, 0.1) is 11.8 Å². The Balaban J connectivity index is 2.18. The van der Waals surface area contributed by atoms with Crippen molar-refractivity contribution in [3.8, 4) is 0 Å². The molecule has 1 saturated heterocycles. The number of rotatable bonds is 8. The van der Waals surface area contributed by atoms with Crippen LogP contribution in [0.2, 0.25) is 0 Å². The van der Waals surface area contributed by atoms with Crippen LogP contribution in [0.25, 0.3) is 0 Å². The molecule has 1 aliphatic heterocycles. The number of carbonyl (C=O) groups excluding carboxylic acids is 2. The molecule has 0 saturated carbocycles. The first-order valence-corrected chi connectivity index (χ1v) is 8.27. The minimum absolute atomic E-state index is 0.0116. The third kappa shape index (κ3) is 7.46. The van der Waals surface area contributed by atoms with E-state index in [1.807, 2.05) is 4.90 Å². The number of nitrogens with zero attached hydrogens (tertiary/aromatic N) is 1. The fourth-order valence-corrected chi connectivity index (χ4v) is 2.87. The van der Waals surface area contributed by atoms with Gasteiger partial charge in [0.1, 0.15) is 0 Å². The van der Waals surface area contributed by atoms with E-state index in [-0.39, 0.29) is 17.7 Å². The number of piperidine rings is 1. The van der Waals surface area contributed by atoms with E-state index in [2.05, 4.69) is 19.2 Å². The summed E-state index contributed by atoms with van der Waals surface area (Å²) in [6.45, 7) is 6.99. The molecule has 1 aliphatic rings. The van der Waals surface area contributed by atoms with Crippen LogP contribution in [0.15, 0.2) is 0 Å². The van der Waals surface area contributed by atoms with Crippen LogP contribution < -0.4 is 11.1 Å². The summed E-state index contributed by atoms with van der Waals surface area (Å²) < 4.78 is 0. The lowest BCUT2D eigenvalue weighted by molar-refractivity contribution is -0.132. The fraction of sp³-hybridized carbons (Fsp3) is 0.875. The van der Waals surface area contributed by atoms with Gasteiger partial charge in [0.15, 0.2) is 0 Å². The number of hydrogen-bond donors (Lipinski definition) is 2. The lowest BCUT2D eigenvalue weighted by atomic mass is 9.94. The summed E-state index contributed by atoms with van der Waals surface area (Å²) >= 11 is 0. The number of amides is 2. The van der Waals surface area contributed by atoms with Crippen molar-refractivity contribution in [1.29, 1.82) is 0 Å². The normalized spacial score (nSPS) is 16.9. The van der Waals surface area contributed by atoms with Gasteiger partial charge in [-0.1, -0.05) is 13.8 Å². The van der Waals surface area contributed by atoms with Crippen molar-refractivity contribution in [3.05, 3.63) is 0 Å². The maximum atomic E-state index is 12.0. The number of likely N-dealkylation sites (tertiary alicyclic amines) is 1. The highest BCUT2D eigenvalue weighted by molar-refractivity contribution is 5.79. The second kappa shape index (κ2) is 9.77. The highest BCUT2D eigenvalue weighted by Gasteiger charge is 2.17. The molecule has 1 atom stereocenters. The van der Waals surface area contributed by atoms with Gasteiger partial charge in [0, 0.05) is 32.5 Å². The molecule has 0 unspecified atom stereocenters. The van der Waals surface area contributed by atoms with Gasteiger partial charge in [-0.25, -0.2) is 0 Å². The molecule has 1 fully saturated rings. The largest absolute Gasteiger partial charge is 0.356 e. The minimum Gasteiger partial charge on any atom is -0.356 e. The Morgan fingerprint density at radius 1 is 1.19 bits per heavy atom. The zero-order valence-electron chi connectivity index (χ0n) is 13.6. The first-order chi connectivity index (χ1) is 10.0. The third-order valence-corrected chi connectivity index (χ3v) is 3.98. The van der Waals surface area contributed by atoms with Crippen LogP contribution in [0.3, 0.4) is 0 Å². The molecule has 122 valence electrons. The molecule has 1 rings (SSSR count). The maximum Gasteiger partial charge on any atom is 0.224 e. The quantitative estimate of drug-likeness (QED) is 0.713. The summed E-state index contributed by atoms with van der Waals surface area (Å²) in [7, 11) is 0. The van der Waals surface area contributed by atoms with Gasteiger partial charge in [0.2, 0.25) is 11.8 Å². The van der Waals surface area contributed by atoms with E-state index in [1.165, 1.54) is 6.42 Å². The molecule has 0 spiro atoms. The molecule has 0 aliphatic carbocycles. The van der Waals surface area contributed by atoms with Gasteiger partial charge >= 0.3 is 0 Å². The molecule has 0 aromatic rings. The summed E-state index contributed by atoms with van der Waals surface area (Å²) in [5, 5.41) is 2.85. The molecule has 1 heterocycles. The number of nitrogens with two attached hydrogens (primary N) is 1. The Bertz CT molecular complexity index is 325. The van der Waals surface area contributed by atoms with E-state index in [0.29, 0.717) is 31.8 Å². The summed E-state index contributed by atoms with van der Waals surface area (Å²) in [5.41, 5.74) is 5.70. The van der Waals surface area contributed by atoms with E-state index < -0.39 is 0 Å². The van der Waals surface area contributed by atoms with Gasteiger partial charge in [-0.15, -0.1) is 0 Å². The van der Waals surface area contributed by atoms with Crippen molar-refractivity contribution in [2.45, 2.75) is 52.4 Å². The second-order valence-electron chi connectivity index (χ2n) is 6.48. The zero-order valence-corrected chi connectivity index (χ0v) is 13.6. The topological polar surface area (TPSA) is 75.4 Å². The van der Waals surface area contributed by atoms with E-state index in [9.17, 15) is 9.59 Å². The fourth-order valence-electron chi connectivity index (χ4n) is 2.87. The molecule has 21 heavy (non-hydrogen) atoms. The van der Waals surface area contributed by atoms with Crippen molar-refractivity contribution in [1.82, 2.24) is 10.2 Å². The lowest BCUT2D eigenvalue weighted by Gasteiger charge is -2.26. The highest BCUT2D eigenvalue weighted by atomic mass is 16.2. The van der Waals surface area contributed by atoms with Gasteiger partial charge in [0.05, 0.1) is 0 Å². The predicted octanol–water partition coefficient (Wildman–Crippen LogP) is 1.52. The molecule has 2 amide bonds. The summed E-state index contributed by atoms with van der Waals surface area (Å²) in [5.74, 6) is 0.958. The van der Waals surface area contributed by atoms with Crippen molar-refractivity contribution < 1.29 is 9.59 Å². The van der Waals surface area contributed by atoms with Gasteiger partial charge in [-0.05, 0) is 44.1 Å². The SMILES string of the molecule is CC(C)C[C@H](CN)CC(=O)NCCC(=O)N1CCCCC1. The van der Waals surface area contributed by atoms with Crippen molar-refractivity contribution in [3.63, 3.8) is 0 Å². The van der Waals surface area contributed by atoms with E-state index >= 15 is 0 Å². The van der Waals surface area contributed by atoms with Gasteiger partial charge in [-0.3, -0.25) is 9.59 Å². The van der Waals surface area contributed by atoms with Crippen molar-refractivity contribution >= 4 is 11.8 Å². The van der Waals surface area contributed by atoms with Crippen LogP contribution in [-0.2, 0) is 9.59 Å². The number of carbonyl (C=O) groups is 2. The summed E-state index contributed by atoms with van der Waals surface area (Å²) in [6.07, 6.45) is 5.26. The van der Waals surface area contributed by atoms with Gasteiger partial charge < -0.3 is 16.0 Å². The smallest absolute Gasteiger partial charge is 0.224 e. The Hall–Kier alpha value is -1.10. The van der Waals surface area contributed by atoms with Crippen LogP contribution >= 0.6 is 0 Å². The molecule has 0 aromatic carbocycles. The number of nitrogens with one attached hydrogen (secondary N) is 1. The molecule has 5 heteroatoms. The van der Waals surface area contributed by atoms with E-state index in [0.717, 1.165) is 32.4 Å². The number of hydrogen-bond acceptors (Lipinski definition) is 3. The molecule has 0 aromatic heterocycles. The molecule has 0 bridgehead atoms. The Morgan fingerprint density at radius 3 is 2.43 bits per heavy atom. The van der Waals surface area contributed by atoms with Crippen LogP contribution in [0.5, 0.6) is 0 Å². The predicted molar refractivity (Wildman–Crippen MR) is 84.7 cm³/mol. The van der Waals surface area contributed by atoms with E-state index in [1.54, 1.807) is 0 Å². The lowest BCUT2D eigenvalue weighted by Crippen LogP contribution is -2.38. The molecule has 5 nitrogen and oxygen atoms in total. The zero-order chi connectivity index (χ0) is 15.7.